The molecule has 5 rings (SSSR count). The lowest BCUT2D eigenvalue weighted by Crippen LogP contribution is -2.42. The SMILES string of the molecule is Cn1ccc(-c2ccc(C[C@H](NC(=O)OCC3c4ccccc4-c4ccccc43)C(=O)O)cc2)n1. The molecule has 0 fully saturated rings. The Kier molecular flexibility index (Phi) is 6.06. The maximum absolute atomic E-state index is 12.6. The molecule has 0 saturated heterocycles. The molecule has 1 aromatic heterocycles. The van der Waals surface area contributed by atoms with E-state index in [-0.39, 0.29) is 18.9 Å². The van der Waals surface area contributed by atoms with Crippen LogP contribution in [0, 0.1) is 0 Å². The van der Waals surface area contributed by atoms with Crippen LogP contribution in [0.25, 0.3) is 22.4 Å². The number of ether oxygens (including phenoxy) is 1. The van der Waals surface area contributed by atoms with Gasteiger partial charge in [0.05, 0.1) is 5.69 Å². The number of carboxylic acid groups (broad SMARTS) is 1. The third-order valence-corrected chi connectivity index (χ3v) is 6.34. The van der Waals surface area contributed by atoms with Gasteiger partial charge in [0, 0.05) is 31.1 Å². The Morgan fingerprint density at radius 3 is 2.17 bits per heavy atom. The first-order valence-electron chi connectivity index (χ1n) is 11.4. The second-order valence-electron chi connectivity index (χ2n) is 8.64. The van der Waals surface area contributed by atoms with Crippen molar-refractivity contribution < 1.29 is 19.4 Å². The fourth-order valence-corrected chi connectivity index (χ4v) is 4.60. The molecule has 2 N–H and O–H groups in total. The number of aliphatic carboxylic acids is 1. The van der Waals surface area contributed by atoms with E-state index < -0.39 is 18.1 Å². The molecule has 176 valence electrons. The Bertz CT molecular complexity index is 1330. The lowest BCUT2D eigenvalue weighted by molar-refractivity contribution is -0.139. The Balaban J connectivity index is 1.23. The molecule has 1 aliphatic rings. The van der Waals surface area contributed by atoms with Crippen LogP contribution >= 0.6 is 0 Å². The molecule has 7 heteroatoms. The van der Waals surface area contributed by atoms with Crippen molar-refractivity contribution in [2.24, 2.45) is 7.05 Å². The summed E-state index contributed by atoms with van der Waals surface area (Å²) in [5, 5.41) is 16.6. The van der Waals surface area contributed by atoms with Gasteiger partial charge in [-0.05, 0) is 33.9 Å². The highest BCUT2D eigenvalue weighted by atomic mass is 16.5. The molecule has 0 aliphatic heterocycles. The number of hydrogen-bond donors (Lipinski definition) is 2. The largest absolute Gasteiger partial charge is 0.480 e. The monoisotopic (exact) mass is 467 g/mol. The van der Waals surface area contributed by atoms with Gasteiger partial charge in [-0.2, -0.15) is 5.10 Å². The highest BCUT2D eigenvalue weighted by Gasteiger charge is 2.29. The zero-order valence-corrected chi connectivity index (χ0v) is 19.2. The van der Waals surface area contributed by atoms with E-state index in [1.165, 1.54) is 0 Å². The lowest BCUT2D eigenvalue weighted by atomic mass is 9.98. The van der Waals surface area contributed by atoms with Crippen molar-refractivity contribution in [2.75, 3.05) is 6.61 Å². The van der Waals surface area contributed by atoms with E-state index in [9.17, 15) is 14.7 Å². The lowest BCUT2D eigenvalue weighted by Gasteiger charge is -2.17. The Morgan fingerprint density at radius 2 is 1.60 bits per heavy atom. The summed E-state index contributed by atoms with van der Waals surface area (Å²) in [6, 6.07) is 24.4. The van der Waals surface area contributed by atoms with E-state index in [0.29, 0.717) is 0 Å². The number of amides is 1. The van der Waals surface area contributed by atoms with Crippen molar-refractivity contribution in [3.8, 4) is 22.4 Å². The molecule has 1 heterocycles. The van der Waals surface area contributed by atoms with E-state index in [0.717, 1.165) is 39.1 Å². The second-order valence-corrected chi connectivity index (χ2v) is 8.64. The van der Waals surface area contributed by atoms with Crippen molar-refractivity contribution in [3.63, 3.8) is 0 Å². The molecule has 7 nitrogen and oxygen atoms in total. The van der Waals surface area contributed by atoms with E-state index >= 15 is 0 Å². The first-order valence-corrected chi connectivity index (χ1v) is 11.4. The van der Waals surface area contributed by atoms with Gasteiger partial charge in [0.2, 0.25) is 0 Å². The minimum absolute atomic E-state index is 0.0874. The summed E-state index contributed by atoms with van der Waals surface area (Å²) >= 11 is 0. The Morgan fingerprint density at radius 1 is 0.971 bits per heavy atom. The molecule has 4 aromatic rings. The van der Waals surface area contributed by atoms with Gasteiger partial charge in [0.15, 0.2) is 0 Å². The van der Waals surface area contributed by atoms with Crippen LogP contribution in [-0.4, -0.2) is 39.6 Å². The third kappa shape index (κ3) is 4.66. The number of rotatable bonds is 7. The number of fused-ring (bicyclic) bond motifs is 3. The fraction of sp³-hybridized carbons (Fsp3) is 0.179. The molecular weight excluding hydrogens is 442 g/mol. The predicted molar refractivity (Wildman–Crippen MR) is 132 cm³/mol. The maximum atomic E-state index is 12.6. The molecule has 0 saturated carbocycles. The van der Waals surface area contributed by atoms with Crippen LogP contribution in [-0.2, 0) is 23.0 Å². The first-order chi connectivity index (χ1) is 17.0. The molecular formula is C28H25N3O4. The summed E-state index contributed by atoms with van der Waals surface area (Å²) in [4.78, 5) is 24.4. The molecule has 1 amide bonds. The summed E-state index contributed by atoms with van der Waals surface area (Å²) in [5.41, 5.74) is 7.03. The molecule has 0 spiro atoms. The highest BCUT2D eigenvalue weighted by Crippen LogP contribution is 2.44. The summed E-state index contributed by atoms with van der Waals surface area (Å²) in [5.74, 6) is -1.21. The third-order valence-electron chi connectivity index (χ3n) is 6.34. The summed E-state index contributed by atoms with van der Waals surface area (Å²) in [7, 11) is 1.85. The van der Waals surface area contributed by atoms with Crippen molar-refractivity contribution in [1.82, 2.24) is 15.1 Å². The van der Waals surface area contributed by atoms with Crippen LogP contribution in [0.2, 0.25) is 0 Å². The maximum Gasteiger partial charge on any atom is 0.407 e. The smallest absolute Gasteiger partial charge is 0.407 e. The fourth-order valence-electron chi connectivity index (χ4n) is 4.60. The van der Waals surface area contributed by atoms with Gasteiger partial charge in [-0.1, -0.05) is 72.8 Å². The second kappa shape index (κ2) is 9.46. The van der Waals surface area contributed by atoms with Crippen LogP contribution in [0.3, 0.4) is 0 Å². The Labute approximate surface area is 203 Å². The quantitative estimate of drug-likeness (QED) is 0.414. The van der Waals surface area contributed by atoms with Gasteiger partial charge in [-0.3, -0.25) is 4.68 Å². The molecule has 35 heavy (non-hydrogen) atoms. The van der Waals surface area contributed by atoms with Crippen LogP contribution < -0.4 is 5.32 Å². The van der Waals surface area contributed by atoms with Crippen molar-refractivity contribution in [3.05, 3.63) is 102 Å². The van der Waals surface area contributed by atoms with Gasteiger partial charge in [-0.25, -0.2) is 9.59 Å². The van der Waals surface area contributed by atoms with Gasteiger partial charge in [0.1, 0.15) is 12.6 Å². The number of alkyl carbamates (subject to hydrolysis) is 1. The topological polar surface area (TPSA) is 93.5 Å². The summed E-state index contributed by atoms with van der Waals surface area (Å²) in [6.45, 7) is 0.130. The molecule has 1 aliphatic carbocycles. The minimum atomic E-state index is -1.12. The summed E-state index contributed by atoms with van der Waals surface area (Å²) in [6.07, 6.45) is 1.26. The first kappa shape index (κ1) is 22.4. The number of carbonyl (C=O) groups is 2. The van der Waals surface area contributed by atoms with E-state index in [2.05, 4.69) is 22.5 Å². The zero-order valence-electron chi connectivity index (χ0n) is 19.2. The van der Waals surface area contributed by atoms with Crippen LogP contribution in [0.15, 0.2) is 85.1 Å². The zero-order chi connectivity index (χ0) is 24.4. The number of carbonyl (C=O) groups excluding carboxylic acids is 1. The molecule has 1 atom stereocenters. The minimum Gasteiger partial charge on any atom is -0.480 e. The molecule has 0 unspecified atom stereocenters. The number of aromatic nitrogens is 2. The Hall–Kier alpha value is -4.39. The number of aryl methyl sites for hydroxylation is 1. The number of hydrogen-bond acceptors (Lipinski definition) is 4. The van der Waals surface area contributed by atoms with Gasteiger partial charge < -0.3 is 15.2 Å². The van der Waals surface area contributed by atoms with Crippen LogP contribution in [0.5, 0.6) is 0 Å². The highest BCUT2D eigenvalue weighted by molar-refractivity contribution is 5.81. The van der Waals surface area contributed by atoms with Crippen LogP contribution in [0.4, 0.5) is 4.79 Å². The average Bonchev–Trinajstić information content (AvgIpc) is 3.44. The van der Waals surface area contributed by atoms with E-state index in [4.69, 9.17) is 4.74 Å². The normalized spacial score (nSPS) is 13.1. The number of nitrogens with one attached hydrogen (secondary N) is 1. The van der Waals surface area contributed by atoms with E-state index in [1.54, 1.807) is 4.68 Å². The number of benzene rings is 3. The number of nitrogens with zero attached hydrogens (tertiary/aromatic N) is 2. The van der Waals surface area contributed by atoms with Crippen molar-refractivity contribution >= 4 is 12.1 Å². The van der Waals surface area contributed by atoms with Crippen molar-refractivity contribution in [2.45, 2.75) is 18.4 Å². The van der Waals surface area contributed by atoms with E-state index in [1.807, 2.05) is 80.0 Å². The van der Waals surface area contributed by atoms with Gasteiger partial charge in [0.25, 0.3) is 0 Å². The molecule has 3 aromatic carbocycles. The van der Waals surface area contributed by atoms with Gasteiger partial charge >= 0.3 is 12.1 Å². The molecule has 0 radical (unpaired) electrons. The average molecular weight is 468 g/mol. The van der Waals surface area contributed by atoms with Gasteiger partial charge in [-0.15, -0.1) is 0 Å². The molecule has 0 bridgehead atoms. The predicted octanol–water partition coefficient (Wildman–Crippen LogP) is 4.62. The van der Waals surface area contributed by atoms with Crippen molar-refractivity contribution in [1.29, 1.82) is 0 Å². The number of carboxylic acids is 1. The van der Waals surface area contributed by atoms with Crippen LogP contribution in [0.1, 0.15) is 22.6 Å². The standard InChI is InChI=1S/C28H25N3O4/c1-31-15-14-25(30-31)19-12-10-18(11-13-19)16-26(27(32)33)29-28(34)35-17-24-22-8-4-2-6-20(22)21-7-3-5-9-23(21)24/h2-15,24,26H,16-17H2,1H3,(H,29,34)(H,32,33)/t26-/m0/s1. The summed E-state index contributed by atoms with van der Waals surface area (Å²) < 4.78 is 7.24.